The van der Waals surface area contributed by atoms with E-state index in [2.05, 4.69) is 73.0 Å². The van der Waals surface area contributed by atoms with E-state index in [1.807, 2.05) is 30.3 Å². The van der Waals surface area contributed by atoms with E-state index in [1.165, 1.54) is 22.3 Å². The average molecular weight is 509 g/mol. The number of ether oxygens (including phenoxy) is 2. The van der Waals surface area contributed by atoms with E-state index in [4.69, 9.17) is 9.47 Å². The molecule has 5 aromatic carbocycles. The number of hydrogen-bond donors (Lipinski definition) is 2. The van der Waals surface area contributed by atoms with Crippen LogP contribution in [0.1, 0.15) is 25.0 Å². The van der Waals surface area contributed by atoms with Gasteiger partial charge in [0.15, 0.2) is 23.0 Å². The molecular weight excluding hydrogens is 485 g/mol. The highest BCUT2D eigenvalue weighted by molar-refractivity contribution is 6.60. The van der Waals surface area contributed by atoms with Gasteiger partial charge in [-0.3, -0.25) is 0 Å². The number of para-hydroxylation sites is 3. The van der Waals surface area contributed by atoms with Crippen molar-refractivity contribution in [3.8, 4) is 39.8 Å². The Balaban J connectivity index is 1.43. The Hall–Kier alpha value is -4.52. The van der Waals surface area contributed by atoms with E-state index in [0.29, 0.717) is 23.0 Å². The predicted molar refractivity (Wildman–Crippen MR) is 155 cm³/mol. The number of aromatic nitrogens is 1. The van der Waals surface area contributed by atoms with Crippen LogP contribution in [0.4, 0.5) is 0 Å². The van der Waals surface area contributed by atoms with Crippen LogP contribution in [-0.4, -0.2) is 21.7 Å². The fourth-order valence-corrected chi connectivity index (χ4v) is 6.40. The Bertz CT molecular complexity index is 1990. The highest BCUT2D eigenvalue weighted by atomic mass is 16.6. The minimum absolute atomic E-state index is 0.148. The summed E-state index contributed by atoms with van der Waals surface area (Å²) in [5, 5.41) is 23.0. The van der Waals surface area contributed by atoms with Gasteiger partial charge in [-0.1, -0.05) is 68.4 Å². The van der Waals surface area contributed by atoms with Crippen molar-refractivity contribution in [3.63, 3.8) is 0 Å². The van der Waals surface area contributed by atoms with E-state index in [1.54, 1.807) is 12.1 Å². The molecule has 8 rings (SSSR count). The normalized spacial score (nSPS) is 14.3. The lowest BCUT2D eigenvalue weighted by molar-refractivity contribution is 0.358. The maximum atomic E-state index is 10.4. The third-order valence-corrected chi connectivity index (χ3v) is 8.26. The first-order chi connectivity index (χ1) is 18.9. The molecule has 1 aromatic heterocycles. The fraction of sp³-hybridized carbons (Fsp3) is 0.0909. The SMILES string of the molecule is CC1(C)c2ccccc2-c2cc3c4ccccc4n(-c4cc5c(c(B(O)O)c4)Oc4ccccc4O5)c3cc21. The molecule has 2 aliphatic rings. The summed E-state index contributed by atoms with van der Waals surface area (Å²) in [6.07, 6.45) is 0. The summed E-state index contributed by atoms with van der Waals surface area (Å²) in [6, 6.07) is 32.6. The Morgan fingerprint density at radius 3 is 2.18 bits per heavy atom. The predicted octanol–water partition coefficient (Wildman–Crippen LogP) is 6.67. The van der Waals surface area contributed by atoms with Gasteiger partial charge in [0, 0.05) is 33.4 Å². The Morgan fingerprint density at radius 1 is 0.641 bits per heavy atom. The first-order valence-electron chi connectivity index (χ1n) is 13.1. The molecule has 2 heterocycles. The third-order valence-electron chi connectivity index (χ3n) is 8.26. The molecule has 0 unspecified atom stereocenters. The summed E-state index contributed by atoms with van der Waals surface area (Å²) in [5.41, 5.74) is 8.07. The van der Waals surface area contributed by atoms with Gasteiger partial charge in [0.25, 0.3) is 0 Å². The molecule has 0 saturated carbocycles. The van der Waals surface area contributed by atoms with Crippen molar-refractivity contribution in [2.45, 2.75) is 19.3 Å². The molecule has 0 saturated heterocycles. The van der Waals surface area contributed by atoms with Crippen LogP contribution >= 0.6 is 0 Å². The molecule has 0 bridgehead atoms. The average Bonchev–Trinajstić information content (AvgIpc) is 3.39. The topological polar surface area (TPSA) is 63.9 Å². The molecule has 0 atom stereocenters. The molecule has 1 aliphatic heterocycles. The summed E-state index contributed by atoms with van der Waals surface area (Å²) in [5.74, 6) is 1.87. The van der Waals surface area contributed by atoms with Crippen LogP contribution in [-0.2, 0) is 5.41 Å². The van der Waals surface area contributed by atoms with E-state index < -0.39 is 7.12 Å². The summed E-state index contributed by atoms with van der Waals surface area (Å²) < 4.78 is 14.5. The Kier molecular flexibility index (Phi) is 4.47. The van der Waals surface area contributed by atoms with Gasteiger partial charge in [-0.2, -0.15) is 0 Å². The second-order valence-electron chi connectivity index (χ2n) is 10.8. The van der Waals surface area contributed by atoms with E-state index in [0.717, 1.165) is 27.5 Å². The molecule has 0 radical (unpaired) electrons. The van der Waals surface area contributed by atoms with Crippen molar-refractivity contribution >= 4 is 34.4 Å². The van der Waals surface area contributed by atoms with Gasteiger partial charge < -0.3 is 24.1 Å². The first kappa shape index (κ1) is 22.5. The van der Waals surface area contributed by atoms with Crippen LogP contribution in [0.3, 0.4) is 0 Å². The number of fused-ring (bicyclic) bond motifs is 8. The number of benzene rings is 5. The molecular formula is C33H24BNO4. The summed E-state index contributed by atoms with van der Waals surface area (Å²) in [7, 11) is -1.74. The molecule has 0 spiro atoms. The van der Waals surface area contributed by atoms with Crippen LogP contribution in [0.5, 0.6) is 23.0 Å². The zero-order valence-corrected chi connectivity index (χ0v) is 21.5. The van der Waals surface area contributed by atoms with Crippen molar-refractivity contribution in [2.75, 3.05) is 0 Å². The molecule has 5 nitrogen and oxygen atoms in total. The summed E-state index contributed by atoms with van der Waals surface area (Å²) >= 11 is 0. The van der Waals surface area contributed by atoms with Crippen LogP contribution in [0.2, 0.25) is 0 Å². The standard InChI is InChI=1S/C33H24BNO4/c1-33(2)24-11-5-3-9-20(24)22-17-23-21-10-4-6-12-27(21)35(28(23)18-25(22)33)19-15-26(34(36)37)32-31(16-19)38-29-13-7-8-14-30(29)39-32/h3-18,36-37H,1-2H3. The van der Waals surface area contributed by atoms with Crippen molar-refractivity contribution < 1.29 is 19.5 Å². The zero-order chi connectivity index (χ0) is 26.5. The second-order valence-corrected chi connectivity index (χ2v) is 10.8. The van der Waals surface area contributed by atoms with Crippen LogP contribution < -0.4 is 14.9 Å². The van der Waals surface area contributed by atoms with E-state index in [-0.39, 0.29) is 10.9 Å². The Labute approximate surface area is 225 Å². The molecule has 0 fully saturated rings. The molecule has 1 aliphatic carbocycles. The van der Waals surface area contributed by atoms with Gasteiger partial charge in [0.2, 0.25) is 0 Å². The zero-order valence-electron chi connectivity index (χ0n) is 21.5. The highest BCUT2D eigenvalue weighted by Gasteiger charge is 2.36. The largest absolute Gasteiger partial charge is 0.492 e. The smallest absolute Gasteiger partial charge is 0.450 e. The molecule has 0 amide bonds. The molecule has 2 N–H and O–H groups in total. The number of nitrogens with zero attached hydrogens (tertiary/aromatic N) is 1. The monoisotopic (exact) mass is 509 g/mol. The van der Waals surface area contributed by atoms with Crippen LogP contribution in [0.25, 0.3) is 38.6 Å². The third kappa shape index (κ3) is 3.04. The molecule has 6 aromatic rings. The second kappa shape index (κ2) is 7.76. The lowest BCUT2D eigenvalue weighted by Crippen LogP contribution is -2.32. The van der Waals surface area contributed by atoms with Gasteiger partial charge in [-0.25, -0.2) is 0 Å². The van der Waals surface area contributed by atoms with Crippen LogP contribution in [0, 0.1) is 0 Å². The lowest BCUT2D eigenvalue weighted by Gasteiger charge is -2.24. The minimum atomic E-state index is -1.74. The summed E-state index contributed by atoms with van der Waals surface area (Å²) in [4.78, 5) is 0. The maximum Gasteiger partial charge on any atom is 0.492 e. The maximum absolute atomic E-state index is 10.4. The molecule has 39 heavy (non-hydrogen) atoms. The van der Waals surface area contributed by atoms with E-state index in [9.17, 15) is 10.0 Å². The van der Waals surface area contributed by atoms with Crippen molar-refractivity contribution in [1.82, 2.24) is 4.57 Å². The Morgan fingerprint density at radius 2 is 1.36 bits per heavy atom. The quantitative estimate of drug-likeness (QED) is 0.256. The van der Waals surface area contributed by atoms with Gasteiger partial charge in [0.05, 0.1) is 11.0 Å². The van der Waals surface area contributed by atoms with E-state index >= 15 is 0 Å². The molecule has 6 heteroatoms. The fourth-order valence-electron chi connectivity index (χ4n) is 6.40. The number of rotatable bonds is 2. The first-order valence-corrected chi connectivity index (χ1v) is 13.1. The van der Waals surface area contributed by atoms with Gasteiger partial charge in [-0.15, -0.1) is 0 Å². The van der Waals surface area contributed by atoms with Gasteiger partial charge in [-0.05, 0) is 58.7 Å². The molecule has 188 valence electrons. The van der Waals surface area contributed by atoms with Gasteiger partial charge >= 0.3 is 7.12 Å². The number of hydrogen-bond acceptors (Lipinski definition) is 4. The minimum Gasteiger partial charge on any atom is -0.450 e. The van der Waals surface area contributed by atoms with Gasteiger partial charge in [0.1, 0.15) is 0 Å². The van der Waals surface area contributed by atoms with Crippen LogP contribution in [0.15, 0.2) is 97.1 Å². The highest BCUT2D eigenvalue weighted by Crippen LogP contribution is 2.51. The summed E-state index contributed by atoms with van der Waals surface area (Å²) in [6.45, 7) is 4.55. The van der Waals surface area contributed by atoms with Crippen molar-refractivity contribution in [2.24, 2.45) is 0 Å². The van der Waals surface area contributed by atoms with Crippen molar-refractivity contribution in [3.05, 3.63) is 108 Å². The van der Waals surface area contributed by atoms with Crippen molar-refractivity contribution in [1.29, 1.82) is 0 Å². The lowest BCUT2D eigenvalue weighted by atomic mass is 9.79.